The molecule has 0 spiro atoms. The van der Waals surface area contributed by atoms with E-state index in [1.807, 2.05) is 16.6 Å². The molecule has 0 atom stereocenters. The standard InChI is InChI=1S/C14H14N4OS/c19-11-7-3-6-10(8-11)13-17-18-12(9-4-1-2-5-9)15-16-14(18)20-13/h3,6-9,19H,1-2,4-5H2. The van der Waals surface area contributed by atoms with E-state index in [0.29, 0.717) is 5.92 Å². The first-order chi connectivity index (χ1) is 9.81. The first kappa shape index (κ1) is 11.8. The number of rotatable bonds is 2. The minimum atomic E-state index is 0.254. The van der Waals surface area contributed by atoms with Crippen LogP contribution in [-0.4, -0.2) is 24.9 Å². The van der Waals surface area contributed by atoms with Gasteiger partial charge in [-0.2, -0.15) is 9.61 Å². The molecule has 5 nitrogen and oxygen atoms in total. The second-order valence-corrected chi connectivity index (χ2v) is 6.15. The maximum atomic E-state index is 9.57. The van der Waals surface area contributed by atoms with Gasteiger partial charge in [0.1, 0.15) is 10.8 Å². The van der Waals surface area contributed by atoms with Crippen molar-refractivity contribution >= 4 is 16.3 Å². The summed E-state index contributed by atoms with van der Waals surface area (Å²) >= 11 is 1.51. The van der Waals surface area contributed by atoms with Crippen LogP contribution >= 0.6 is 11.3 Å². The van der Waals surface area contributed by atoms with Crippen LogP contribution in [0.15, 0.2) is 24.3 Å². The third-order valence-electron chi connectivity index (χ3n) is 3.83. The molecule has 4 rings (SSSR count). The van der Waals surface area contributed by atoms with Crippen LogP contribution in [0.5, 0.6) is 5.75 Å². The Morgan fingerprint density at radius 2 is 2.05 bits per heavy atom. The molecule has 1 fully saturated rings. The summed E-state index contributed by atoms with van der Waals surface area (Å²) in [7, 11) is 0. The molecule has 0 saturated heterocycles. The Morgan fingerprint density at radius 1 is 1.20 bits per heavy atom. The van der Waals surface area contributed by atoms with Crippen molar-refractivity contribution in [1.82, 2.24) is 19.8 Å². The number of aromatic nitrogens is 4. The summed E-state index contributed by atoms with van der Waals surface area (Å²) < 4.78 is 1.88. The Labute approximate surface area is 119 Å². The zero-order valence-electron chi connectivity index (χ0n) is 10.9. The molecule has 2 aromatic heterocycles. The quantitative estimate of drug-likeness (QED) is 0.785. The fourth-order valence-corrected chi connectivity index (χ4v) is 3.67. The van der Waals surface area contributed by atoms with Crippen molar-refractivity contribution in [3.8, 4) is 16.3 Å². The van der Waals surface area contributed by atoms with Crippen molar-refractivity contribution in [2.75, 3.05) is 0 Å². The number of benzene rings is 1. The van der Waals surface area contributed by atoms with Gasteiger partial charge < -0.3 is 5.11 Å². The Bertz CT molecular complexity index is 757. The molecule has 3 aromatic rings. The number of nitrogens with zero attached hydrogens (tertiary/aromatic N) is 4. The molecule has 0 bridgehead atoms. The molecule has 0 amide bonds. The van der Waals surface area contributed by atoms with Gasteiger partial charge in [0.2, 0.25) is 4.96 Å². The second kappa shape index (κ2) is 4.56. The van der Waals surface area contributed by atoms with E-state index in [1.165, 1.54) is 37.0 Å². The van der Waals surface area contributed by atoms with Crippen molar-refractivity contribution in [3.63, 3.8) is 0 Å². The molecular formula is C14H14N4OS. The van der Waals surface area contributed by atoms with Crippen LogP contribution in [-0.2, 0) is 0 Å². The molecule has 102 valence electrons. The molecule has 1 N–H and O–H groups in total. The number of hydrogen-bond donors (Lipinski definition) is 1. The van der Waals surface area contributed by atoms with Crippen LogP contribution in [0.4, 0.5) is 0 Å². The SMILES string of the molecule is Oc1cccc(-c2nn3c(C4CCCC4)nnc3s2)c1. The van der Waals surface area contributed by atoms with Crippen molar-refractivity contribution in [2.24, 2.45) is 0 Å². The van der Waals surface area contributed by atoms with Gasteiger partial charge in [-0.1, -0.05) is 36.3 Å². The highest BCUT2D eigenvalue weighted by Crippen LogP contribution is 2.35. The van der Waals surface area contributed by atoms with Gasteiger partial charge in [-0.05, 0) is 25.0 Å². The predicted molar refractivity (Wildman–Crippen MR) is 77.0 cm³/mol. The predicted octanol–water partition coefficient (Wildman–Crippen LogP) is 3.22. The van der Waals surface area contributed by atoms with E-state index in [0.717, 1.165) is 21.4 Å². The normalized spacial score (nSPS) is 16.2. The van der Waals surface area contributed by atoms with E-state index in [-0.39, 0.29) is 5.75 Å². The first-order valence-corrected chi connectivity index (χ1v) is 7.64. The van der Waals surface area contributed by atoms with Crippen LogP contribution in [0.2, 0.25) is 0 Å². The summed E-state index contributed by atoms with van der Waals surface area (Å²) in [5.41, 5.74) is 0.915. The van der Waals surface area contributed by atoms with Crippen molar-refractivity contribution in [2.45, 2.75) is 31.6 Å². The number of phenolic OH excluding ortho intramolecular Hbond substituents is 1. The van der Waals surface area contributed by atoms with E-state index in [1.54, 1.807) is 12.1 Å². The molecule has 6 heteroatoms. The Balaban J connectivity index is 1.79. The molecule has 1 aliphatic carbocycles. The zero-order chi connectivity index (χ0) is 13.5. The van der Waals surface area contributed by atoms with Crippen LogP contribution < -0.4 is 0 Å². The maximum Gasteiger partial charge on any atom is 0.234 e. The largest absolute Gasteiger partial charge is 0.508 e. The Morgan fingerprint density at radius 3 is 2.85 bits per heavy atom. The molecule has 1 saturated carbocycles. The van der Waals surface area contributed by atoms with Crippen molar-refractivity contribution < 1.29 is 5.11 Å². The molecule has 1 aromatic carbocycles. The van der Waals surface area contributed by atoms with Crippen LogP contribution in [0.25, 0.3) is 15.5 Å². The van der Waals surface area contributed by atoms with Gasteiger partial charge in [-0.15, -0.1) is 10.2 Å². The van der Waals surface area contributed by atoms with E-state index >= 15 is 0 Å². The summed E-state index contributed by atoms with van der Waals surface area (Å²) in [6.45, 7) is 0. The third kappa shape index (κ3) is 1.87. The minimum absolute atomic E-state index is 0.254. The highest BCUT2D eigenvalue weighted by atomic mass is 32.1. The van der Waals surface area contributed by atoms with Gasteiger partial charge in [0.15, 0.2) is 5.82 Å². The van der Waals surface area contributed by atoms with Gasteiger partial charge >= 0.3 is 0 Å². The molecule has 0 radical (unpaired) electrons. The van der Waals surface area contributed by atoms with E-state index < -0.39 is 0 Å². The van der Waals surface area contributed by atoms with Crippen molar-refractivity contribution in [1.29, 1.82) is 0 Å². The molecule has 0 aliphatic heterocycles. The zero-order valence-corrected chi connectivity index (χ0v) is 11.7. The lowest BCUT2D eigenvalue weighted by Crippen LogP contribution is -2.01. The summed E-state index contributed by atoms with van der Waals surface area (Å²) in [5.74, 6) is 1.73. The number of phenols is 1. The maximum absolute atomic E-state index is 9.57. The lowest BCUT2D eigenvalue weighted by Gasteiger charge is -2.03. The van der Waals surface area contributed by atoms with Crippen molar-refractivity contribution in [3.05, 3.63) is 30.1 Å². The van der Waals surface area contributed by atoms with Crippen LogP contribution in [0.3, 0.4) is 0 Å². The summed E-state index contributed by atoms with van der Waals surface area (Å²) in [5, 5.41) is 23.6. The summed E-state index contributed by atoms with van der Waals surface area (Å²) in [6, 6.07) is 7.15. The minimum Gasteiger partial charge on any atom is -0.508 e. The molecule has 2 heterocycles. The second-order valence-electron chi connectivity index (χ2n) is 5.19. The van der Waals surface area contributed by atoms with Gasteiger partial charge in [0, 0.05) is 11.5 Å². The molecule has 20 heavy (non-hydrogen) atoms. The summed E-state index contributed by atoms with van der Waals surface area (Å²) in [6.07, 6.45) is 4.89. The van der Waals surface area contributed by atoms with E-state index in [2.05, 4.69) is 15.3 Å². The molecular weight excluding hydrogens is 272 g/mol. The smallest absolute Gasteiger partial charge is 0.234 e. The van der Waals surface area contributed by atoms with Gasteiger partial charge in [-0.25, -0.2) is 0 Å². The first-order valence-electron chi connectivity index (χ1n) is 6.83. The highest BCUT2D eigenvalue weighted by molar-refractivity contribution is 7.19. The van der Waals surface area contributed by atoms with Crippen LogP contribution in [0, 0.1) is 0 Å². The van der Waals surface area contributed by atoms with E-state index in [4.69, 9.17) is 0 Å². The third-order valence-corrected chi connectivity index (χ3v) is 4.78. The average Bonchev–Trinajstić information content (AvgIpc) is 3.14. The Hall–Kier alpha value is -1.95. The average molecular weight is 286 g/mol. The van der Waals surface area contributed by atoms with E-state index in [9.17, 15) is 5.11 Å². The topological polar surface area (TPSA) is 63.3 Å². The molecule has 1 aliphatic rings. The number of hydrogen-bond acceptors (Lipinski definition) is 5. The monoisotopic (exact) mass is 286 g/mol. The van der Waals surface area contributed by atoms with Crippen LogP contribution in [0.1, 0.15) is 37.4 Å². The molecule has 0 unspecified atom stereocenters. The lowest BCUT2D eigenvalue weighted by atomic mass is 10.1. The Kier molecular flexibility index (Phi) is 2.70. The van der Waals surface area contributed by atoms with Gasteiger partial charge in [0.25, 0.3) is 0 Å². The number of fused-ring (bicyclic) bond motifs is 1. The lowest BCUT2D eigenvalue weighted by molar-refractivity contribution is 0.475. The summed E-state index contributed by atoms with van der Waals surface area (Å²) in [4.78, 5) is 0.824. The van der Waals surface area contributed by atoms with Gasteiger partial charge in [-0.3, -0.25) is 0 Å². The fourth-order valence-electron chi connectivity index (χ4n) is 2.83. The number of aromatic hydroxyl groups is 1. The van der Waals surface area contributed by atoms with Gasteiger partial charge in [0.05, 0.1) is 0 Å². The fraction of sp³-hybridized carbons (Fsp3) is 0.357. The highest BCUT2D eigenvalue weighted by Gasteiger charge is 2.24.